The number of piperazine rings is 1. The van der Waals surface area contributed by atoms with Gasteiger partial charge in [-0.2, -0.15) is 0 Å². The third-order valence-electron chi connectivity index (χ3n) is 4.14. The highest BCUT2D eigenvalue weighted by atomic mass is 16.5. The van der Waals surface area contributed by atoms with Crippen LogP contribution in [0.3, 0.4) is 0 Å². The molecule has 0 saturated carbocycles. The summed E-state index contributed by atoms with van der Waals surface area (Å²) >= 11 is 0. The number of anilines is 1. The average molecular weight is 327 g/mol. The van der Waals surface area contributed by atoms with Gasteiger partial charge in [-0.1, -0.05) is 24.3 Å². The predicted molar refractivity (Wildman–Crippen MR) is 95.6 cm³/mol. The summed E-state index contributed by atoms with van der Waals surface area (Å²) in [5.74, 6) is 1.97. The minimum atomic E-state index is 0.595. The highest BCUT2D eigenvalue weighted by Gasteiger charge is 2.17. The van der Waals surface area contributed by atoms with Crippen molar-refractivity contribution in [1.82, 2.24) is 9.88 Å². The van der Waals surface area contributed by atoms with E-state index in [2.05, 4.69) is 20.9 Å². The minimum absolute atomic E-state index is 0.595. The van der Waals surface area contributed by atoms with Gasteiger partial charge >= 0.3 is 0 Å². The molecule has 1 saturated heterocycles. The highest BCUT2D eigenvalue weighted by Crippen LogP contribution is 2.12. The Morgan fingerprint density at radius 3 is 2.38 bits per heavy atom. The molecule has 2 heterocycles. The minimum Gasteiger partial charge on any atom is -0.491 e. The number of ether oxygens (including phenoxy) is 2. The molecule has 1 aromatic heterocycles. The molecule has 2 aromatic rings. The van der Waals surface area contributed by atoms with Crippen molar-refractivity contribution in [2.75, 3.05) is 57.4 Å². The topological polar surface area (TPSA) is 37.8 Å². The summed E-state index contributed by atoms with van der Waals surface area (Å²) < 4.78 is 11.3. The van der Waals surface area contributed by atoms with Crippen LogP contribution < -0.4 is 9.64 Å². The van der Waals surface area contributed by atoms with Crippen molar-refractivity contribution in [3.8, 4) is 5.75 Å². The van der Waals surface area contributed by atoms with E-state index in [1.54, 1.807) is 0 Å². The van der Waals surface area contributed by atoms with Gasteiger partial charge in [0, 0.05) is 38.9 Å². The molecule has 0 bridgehead atoms. The van der Waals surface area contributed by atoms with Crippen LogP contribution in [0.5, 0.6) is 5.75 Å². The molecule has 1 aliphatic heterocycles. The van der Waals surface area contributed by atoms with Crippen molar-refractivity contribution in [3.05, 3.63) is 54.7 Å². The van der Waals surface area contributed by atoms with Crippen LogP contribution in [-0.2, 0) is 4.74 Å². The summed E-state index contributed by atoms with van der Waals surface area (Å²) in [6.07, 6.45) is 1.85. The molecule has 128 valence electrons. The number of hydrogen-bond acceptors (Lipinski definition) is 5. The lowest BCUT2D eigenvalue weighted by Crippen LogP contribution is -2.47. The lowest BCUT2D eigenvalue weighted by Gasteiger charge is -2.35. The maximum atomic E-state index is 5.68. The van der Waals surface area contributed by atoms with Crippen LogP contribution in [0.15, 0.2) is 54.7 Å². The molecule has 0 N–H and O–H groups in total. The maximum Gasteiger partial charge on any atom is 0.128 e. The lowest BCUT2D eigenvalue weighted by molar-refractivity contribution is 0.0783. The van der Waals surface area contributed by atoms with E-state index >= 15 is 0 Å². The van der Waals surface area contributed by atoms with Gasteiger partial charge in [0.1, 0.15) is 18.2 Å². The molecule has 0 amide bonds. The van der Waals surface area contributed by atoms with Crippen molar-refractivity contribution in [1.29, 1.82) is 0 Å². The maximum absolute atomic E-state index is 5.68. The third kappa shape index (κ3) is 5.22. The molecule has 0 unspecified atom stereocenters. The van der Waals surface area contributed by atoms with Crippen LogP contribution in [0.1, 0.15) is 0 Å². The summed E-state index contributed by atoms with van der Waals surface area (Å²) in [6, 6.07) is 15.9. The summed E-state index contributed by atoms with van der Waals surface area (Å²) in [4.78, 5) is 9.20. The Bertz CT molecular complexity index is 572. The molecule has 5 nitrogen and oxygen atoms in total. The van der Waals surface area contributed by atoms with Gasteiger partial charge < -0.3 is 14.4 Å². The number of rotatable bonds is 8. The largest absolute Gasteiger partial charge is 0.491 e. The van der Waals surface area contributed by atoms with Crippen molar-refractivity contribution < 1.29 is 9.47 Å². The first-order chi connectivity index (χ1) is 11.9. The van der Waals surface area contributed by atoms with E-state index in [-0.39, 0.29) is 0 Å². The summed E-state index contributed by atoms with van der Waals surface area (Å²) in [7, 11) is 0. The van der Waals surface area contributed by atoms with Gasteiger partial charge in [0.25, 0.3) is 0 Å². The molecular weight excluding hydrogens is 302 g/mol. The molecule has 5 heteroatoms. The summed E-state index contributed by atoms with van der Waals surface area (Å²) in [6.45, 7) is 7.10. The Balaban J connectivity index is 1.25. The number of benzene rings is 1. The predicted octanol–water partition coefficient (Wildman–Crippen LogP) is 2.30. The van der Waals surface area contributed by atoms with E-state index in [9.17, 15) is 0 Å². The molecule has 1 aromatic carbocycles. The SMILES string of the molecule is c1ccc(OCCOCCN2CCN(c3ccccn3)CC2)cc1. The molecule has 1 aliphatic rings. The van der Waals surface area contributed by atoms with Crippen molar-refractivity contribution in [3.63, 3.8) is 0 Å². The second kappa shape index (κ2) is 9.25. The van der Waals surface area contributed by atoms with Crippen LogP contribution in [0, 0.1) is 0 Å². The Morgan fingerprint density at radius 2 is 1.62 bits per heavy atom. The smallest absolute Gasteiger partial charge is 0.128 e. The molecule has 24 heavy (non-hydrogen) atoms. The van der Waals surface area contributed by atoms with E-state index in [0.717, 1.165) is 50.9 Å². The summed E-state index contributed by atoms with van der Waals surface area (Å²) in [5.41, 5.74) is 0. The van der Waals surface area contributed by atoms with Gasteiger partial charge in [0.15, 0.2) is 0 Å². The van der Waals surface area contributed by atoms with E-state index < -0.39 is 0 Å². The van der Waals surface area contributed by atoms with Crippen molar-refractivity contribution in [2.24, 2.45) is 0 Å². The van der Waals surface area contributed by atoms with Crippen LogP contribution in [0.25, 0.3) is 0 Å². The van der Waals surface area contributed by atoms with Gasteiger partial charge in [-0.15, -0.1) is 0 Å². The highest BCUT2D eigenvalue weighted by molar-refractivity contribution is 5.38. The Kier molecular flexibility index (Phi) is 6.45. The molecular formula is C19H25N3O2. The van der Waals surface area contributed by atoms with E-state index in [1.807, 2.05) is 48.7 Å². The molecule has 3 rings (SSSR count). The first-order valence-electron chi connectivity index (χ1n) is 8.56. The van der Waals surface area contributed by atoms with Crippen molar-refractivity contribution >= 4 is 5.82 Å². The lowest BCUT2D eigenvalue weighted by atomic mass is 10.3. The van der Waals surface area contributed by atoms with Gasteiger partial charge in [-0.3, -0.25) is 4.90 Å². The van der Waals surface area contributed by atoms with E-state index in [4.69, 9.17) is 9.47 Å². The number of pyridine rings is 1. The second-order valence-corrected chi connectivity index (χ2v) is 5.79. The molecule has 0 radical (unpaired) electrons. The fourth-order valence-corrected chi connectivity index (χ4v) is 2.77. The fraction of sp³-hybridized carbons (Fsp3) is 0.421. The van der Waals surface area contributed by atoms with E-state index in [0.29, 0.717) is 13.2 Å². The zero-order valence-corrected chi connectivity index (χ0v) is 14.0. The van der Waals surface area contributed by atoms with Gasteiger partial charge in [-0.25, -0.2) is 4.98 Å². The third-order valence-corrected chi connectivity index (χ3v) is 4.14. The van der Waals surface area contributed by atoms with Crippen LogP contribution >= 0.6 is 0 Å². The average Bonchev–Trinajstić information content (AvgIpc) is 2.67. The number of nitrogens with zero attached hydrogens (tertiary/aromatic N) is 3. The van der Waals surface area contributed by atoms with Crippen LogP contribution in [0.2, 0.25) is 0 Å². The quantitative estimate of drug-likeness (QED) is 0.696. The molecule has 0 spiro atoms. The summed E-state index contributed by atoms with van der Waals surface area (Å²) in [5, 5.41) is 0. The fourth-order valence-electron chi connectivity index (χ4n) is 2.77. The number of hydrogen-bond donors (Lipinski definition) is 0. The molecule has 1 fully saturated rings. The Morgan fingerprint density at radius 1 is 0.833 bits per heavy atom. The number of para-hydroxylation sites is 1. The normalized spacial score (nSPS) is 15.4. The second-order valence-electron chi connectivity index (χ2n) is 5.79. The van der Waals surface area contributed by atoms with Gasteiger partial charge in [0.2, 0.25) is 0 Å². The van der Waals surface area contributed by atoms with Crippen molar-refractivity contribution in [2.45, 2.75) is 0 Å². The van der Waals surface area contributed by atoms with Gasteiger partial charge in [0.05, 0.1) is 13.2 Å². The first-order valence-corrected chi connectivity index (χ1v) is 8.56. The zero-order chi connectivity index (χ0) is 16.5. The standard InChI is InChI=1S/C19H25N3O2/c1-2-6-18(7-3-1)24-17-16-23-15-14-21-10-12-22(13-11-21)19-8-4-5-9-20-19/h1-9H,10-17H2. The van der Waals surface area contributed by atoms with E-state index in [1.165, 1.54) is 0 Å². The Labute approximate surface area is 143 Å². The van der Waals surface area contributed by atoms with Crippen LogP contribution in [0.4, 0.5) is 5.82 Å². The monoisotopic (exact) mass is 327 g/mol. The zero-order valence-electron chi connectivity index (χ0n) is 14.0. The molecule has 0 atom stereocenters. The first kappa shape index (κ1) is 16.7. The van der Waals surface area contributed by atoms with Gasteiger partial charge in [-0.05, 0) is 24.3 Å². The number of aromatic nitrogens is 1. The van der Waals surface area contributed by atoms with Crippen LogP contribution in [-0.4, -0.2) is 62.4 Å². The molecule has 0 aliphatic carbocycles. The Hall–Kier alpha value is -2.11.